The second-order valence-corrected chi connectivity index (χ2v) is 6.15. The van der Waals surface area contributed by atoms with Gasteiger partial charge in [-0.1, -0.05) is 0 Å². The number of amides is 2. The molecule has 156 valence electrons. The average molecular weight is 402 g/mol. The Hall–Kier alpha value is -3.82. The molecule has 2 aromatic carbocycles. The van der Waals surface area contributed by atoms with Crippen molar-refractivity contribution < 1.29 is 19.1 Å². The van der Waals surface area contributed by atoms with Crippen LogP contribution in [0.4, 0.5) is 22.7 Å². The molecule has 0 atom stereocenters. The Morgan fingerprint density at radius 2 is 1.17 bits per heavy atom. The van der Waals surface area contributed by atoms with Gasteiger partial charge in [0.2, 0.25) is 0 Å². The van der Waals surface area contributed by atoms with Crippen molar-refractivity contribution in [1.82, 2.24) is 0 Å². The number of ether oxygens (including phenoxy) is 2. The lowest BCUT2D eigenvalue weighted by molar-refractivity contribution is 0.0989. The Morgan fingerprint density at radius 1 is 0.793 bits per heavy atom. The third-order valence-corrected chi connectivity index (χ3v) is 4.32. The molecule has 0 fully saturated rings. The number of nitrogens with two attached hydrogens (primary N) is 4. The first kappa shape index (κ1) is 21.5. The summed E-state index contributed by atoms with van der Waals surface area (Å²) in [5.74, 6) is -0.732. The summed E-state index contributed by atoms with van der Waals surface area (Å²) < 4.78 is 10.4. The van der Waals surface area contributed by atoms with Gasteiger partial charge in [-0.3, -0.25) is 9.59 Å². The quantitative estimate of drug-likeness (QED) is 0.251. The predicted molar refractivity (Wildman–Crippen MR) is 113 cm³/mol. The number of carbonyl (C=O) groups excluding carboxylic acids is 2. The maximum absolute atomic E-state index is 11.4. The lowest BCUT2D eigenvalue weighted by Gasteiger charge is -2.16. The van der Waals surface area contributed by atoms with Crippen molar-refractivity contribution in [3.63, 3.8) is 0 Å². The molecule has 0 aliphatic carbocycles. The number of rotatable bonds is 10. The Kier molecular flexibility index (Phi) is 6.96. The van der Waals surface area contributed by atoms with E-state index in [2.05, 4.69) is 10.6 Å². The van der Waals surface area contributed by atoms with E-state index in [0.29, 0.717) is 35.8 Å². The maximum Gasteiger partial charge on any atom is 0.252 e. The highest BCUT2D eigenvalue weighted by atomic mass is 16.5. The maximum atomic E-state index is 11.4. The predicted octanol–water partition coefficient (Wildman–Crippen LogP) is 0.980. The highest BCUT2D eigenvalue weighted by Gasteiger charge is 2.16. The third-order valence-electron chi connectivity index (χ3n) is 4.32. The zero-order valence-corrected chi connectivity index (χ0v) is 16.4. The van der Waals surface area contributed by atoms with Crippen LogP contribution in [-0.2, 0) is 0 Å². The second-order valence-electron chi connectivity index (χ2n) is 6.15. The van der Waals surface area contributed by atoms with Crippen LogP contribution in [0.5, 0.6) is 11.5 Å². The molecule has 0 spiro atoms. The number of carbonyl (C=O) groups is 2. The molecule has 0 saturated heterocycles. The first-order valence-electron chi connectivity index (χ1n) is 8.82. The Balaban J connectivity index is 1.96. The molecule has 0 heterocycles. The minimum Gasteiger partial charge on any atom is -0.494 e. The van der Waals surface area contributed by atoms with E-state index in [1.165, 1.54) is 14.2 Å². The monoisotopic (exact) mass is 402 g/mol. The van der Waals surface area contributed by atoms with Crippen molar-refractivity contribution in [1.29, 1.82) is 0 Å². The Morgan fingerprint density at radius 3 is 1.48 bits per heavy atom. The summed E-state index contributed by atoms with van der Waals surface area (Å²) in [5, 5.41) is 6.37. The van der Waals surface area contributed by atoms with Gasteiger partial charge in [0.15, 0.2) is 11.5 Å². The summed E-state index contributed by atoms with van der Waals surface area (Å²) in [4.78, 5) is 22.8. The van der Waals surface area contributed by atoms with Crippen LogP contribution in [0.25, 0.3) is 0 Å². The fourth-order valence-electron chi connectivity index (χ4n) is 2.87. The molecular formula is C19H26N6O4. The molecule has 0 aromatic heterocycles. The highest BCUT2D eigenvalue weighted by Crippen LogP contribution is 2.34. The molecule has 0 saturated carbocycles. The lowest BCUT2D eigenvalue weighted by atomic mass is 10.1. The van der Waals surface area contributed by atoms with Gasteiger partial charge in [0.1, 0.15) is 0 Å². The van der Waals surface area contributed by atoms with Gasteiger partial charge in [0, 0.05) is 13.1 Å². The minimum atomic E-state index is -0.611. The number of nitrogens with one attached hydrogen (secondary N) is 2. The zero-order valence-electron chi connectivity index (χ0n) is 16.4. The number of hydrogen-bond acceptors (Lipinski definition) is 8. The molecule has 2 amide bonds. The van der Waals surface area contributed by atoms with Crippen LogP contribution in [0.15, 0.2) is 24.3 Å². The molecule has 0 unspecified atom stereocenters. The van der Waals surface area contributed by atoms with Gasteiger partial charge in [-0.05, 0) is 30.7 Å². The van der Waals surface area contributed by atoms with Gasteiger partial charge in [-0.15, -0.1) is 0 Å². The van der Waals surface area contributed by atoms with Crippen LogP contribution in [0.3, 0.4) is 0 Å². The van der Waals surface area contributed by atoms with E-state index in [-0.39, 0.29) is 22.6 Å². The van der Waals surface area contributed by atoms with Crippen molar-refractivity contribution in [3.05, 3.63) is 35.4 Å². The summed E-state index contributed by atoms with van der Waals surface area (Å²) in [6.07, 6.45) is 0.721. The molecule has 0 aliphatic rings. The lowest BCUT2D eigenvalue weighted by Crippen LogP contribution is -2.16. The van der Waals surface area contributed by atoms with Crippen molar-refractivity contribution in [2.45, 2.75) is 6.42 Å². The zero-order chi connectivity index (χ0) is 21.6. The van der Waals surface area contributed by atoms with Crippen LogP contribution in [-0.4, -0.2) is 39.1 Å². The van der Waals surface area contributed by atoms with Crippen LogP contribution < -0.4 is 43.0 Å². The topological polar surface area (TPSA) is 181 Å². The van der Waals surface area contributed by atoms with Gasteiger partial charge >= 0.3 is 0 Å². The fraction of sp³-hybridized carbons (Fsp3) is 0.263. The number of nitrogen functional groups attached to an aromatic ring is 2. The number of anilines is 4. The van der Waals surface area contributed by atoms with Crippen LogP contribution >= 0.6 is 0 Å². The largest absolute Gasteiger partial charge is 0.494 e. The van der Waals surface area contributed by atoms with E-state index in [1.807, 2.05) is 0 Å². The van der Waals surface area contributed by atoms with E-state index in [9.17, 15) is 9.59 Å². The molecule has 29 heavy (non-hydrogen) atoms. The minimum absolute atomic E-state index is 0.223. The van der Waals surface area contributed by atoms with Crippen LogP contribution in [0.2, 0.25) is 0 Å². The highest BCUT2D eigenvalue weighted by molar-refractivity contribution is 6.00. The summed E-state index contributed by atoms with van der Waals surface area (Å²) in [6, 6.07) is 6.48. The molecule has 10 N–H and O–H groups in total. The summed E-state index contributed by atoms with van der Waals surface area (Å²) in [7, 11) is 2.85. The standard InChI is InChI=1S/C19H26N6O4/c1-28-16-10(18(22)26)4-6-12(14(16)20)24-8-3-9-25-13-7-5-11(19(23)27)17(29-2)15(13)21/h4-7,24-25H,3,8-9,20-21H2,1-2H3,(H2,22,26)(H2,23,27). The van der Waals surface area contributed by atoms with Gasteiger partial charge in [-0.2, -0.15) is 0 Å². The Bertz CT molecular complexity index is 843. The normalized spacial score (nSPS) is 10.3. The number of methoxy groups -OCH3 is 2. The van der Waals surface area contributed by atoms with Gasteiger partial charge < -0.3 is 43.0 Å². The first-order chi connectivity index (χ1) is 13.8. The van der Waals surface area contributed by atoms with Crippen LogP contribution in [0.1, 0.15) is 27.1 Å². The van der Waals surface area contributed by atoms with Gasteiger partial charge in [0.25, 0.3) is 11.8 Å². The molecule has 0 aliphatic heterocycles. The molecule has 10 nitrogen and oxygen atoms in total. The SMILES string of the molecule is COc1c(C(N)=O)ccc(NCCCNc2ccc(C(N)=O)c(OC)c2N)c1N. The average Bonchev–Trinajstić information content (AvgIpc) is 2.68. The van der Waals surface area contributed by atoms with E-state index in [1.54, 1.807) is 24.3 Å². The van der Waals surface area contributed by atoms with E-state index < -0.39 is 11.8 Å². The van der Waals surface area contributed by atoms with E-state index in [4.69, 9.17) is 32.4 Å². The third kappa shape index (κ3) is 4.72. The van der Waals surface area contributed by atoms with Crippen molar-refractivity contribution >= 4 is 34.6 Å². The molecule has 0 bridgehead atoms. The van der Waals surface area contributed by atoms with Gasteiger partial charge in [0.05, 0.1) is 48.1 Å². The van der Waals surface area contributed by atoms with Crippen molar-refractivity contribution in [2.24, 2.45) is 11.5 Å². The second kappa shape index (κ2) is 9.40. The summed E-state index contributed by atoms with van der Waals surface area (Å²) in [5.41, 5.74) is 25.1. The number of hydrogen-bond donors (Lipinski definition) is 6. The van der Waals surface area contributed by atoms with E-state index in [0.717, 1.165) is 6.42 Å². The number of benzene rings is 2. The van der Waals surface area contributed by atoms with Crippen LogP contribution in [0, 0.1) is 0 Å². The summed E-state index contributed by atoms with van der Waals surface area (Å²) in [6.45, 7) is 1.18. The number of primary amides is 2. The van der Waals surface area contributed by atoms with Crippen molar-refractivity contribution in [2.75, 3.05) is 49.4 Å². The van der Waals surface area contributed by atoms with Crippen molar-refractivity contribution in [3.8, 4) is 11.5 Å². The fourth-order valence-corrected chi connectivity index (χ4v) is 2.87. The Labute approximate surface area is 168 Å². The smallest absolute Gasteiger partial charge is 0.252 e. The molecular weight excluding hydrogens is 376 g/mol. The summed E-state index contributed by atoms with van der Waals surface area (Å²) >= 11 is 0. The first-order valence-corrected chi connectivity index (χ1v) is 8.82. The molecule has 10 heteroatoms. The molecule has 2 aromatic rings. The van der Waals surface area contributed by atoms with E-state index >= 15 is 0 Å². The molecule has 2 rings (SSSR count). The molecule has 0 radical (unpaired) electrons. The van der Waals surface area contributed by atoms with Gasteiger partial charge in [-0.25, -0.2) is 0 Å².